The Labute approximate surface area is 328 Å². The maximum Gasteiger partial charge on any atom is 0.472 e. The molecule has 0 aromatic rings. The minimum Gasteiger partial charge on any atom is -0.462 e. The third kappa shape index (κ3) is 40.5. The van der Waals surface area contributed by atoms with Crippen molar-refractivity contribution in [1.29, 1.82) is 0 Å². The Morgan fingerprint density at radius 1 is 0.453 bits per heavy atom. The van der Waals surface area contributed by atoms with Crippen LogP contribution in [0, 0.1) is 0 Å². The van der Waals surface area contributed by atoms with Crippen LogP contribution in [0.5, 0.6) is 0 Å². The molecule has 2 atom stereocenters. The number of phosphoric ester groups is 1. The molecule has 8 nitrogen and oxygen atoms in total. The van der Waals surface area contributed by atoms with Crippen molar-refractivity contribution in [2.24, 2.45) is 0 Å². The van der Waals surface area contributed by atoms with E-state index in [-0.39, 0.29) is 19.0 Å². The van der Waals surface area contributed by atoms with Crippen LogP contribution in [-0.2, 0) is 32.7 Å². The first-order valence-corrected chi connectivity index (χ1v) is 24.2. The molecule has 2 unspecified atom stereocenters. The molecule has 0 saturated heterocycles. The van der Waals surface area contributed by atoms with Gasteiger partial charge in [0.2, 0.25) is 0 Å². The molecule has 53 heavy (non-hydrogen) atoms. The Morgan fingerprint density at radius 2 is 0.736 bits per heavy atom. The van der Waals surface area contributed by atoms with Gasteiger partial charge >= 0.3 is 19.8 Å². The number of rotatable bonds is 43. The Bertz CT molecular complexity index is 838. The van der Waals surface area contributed by atoms with Crippen LogP contribution in [0.4, 0.5) is 0 Å². The van der Waals surface area contributed by atoms with Crippen LogP contribution in [0.25, 0.3) is 0 Å². The van der Waals surface area contributed by atoms with Crippen LogP contribution < -0.4 is 0 Å². The predicted octanol–water partition coefficient (Wildman–Crippen LogP) is 14.3. The van der Waals surface area contributed by atoms with E-state index < -0.39 is 26.5 Å². The number of esters is 2. The van der Waals surface area contributed by atoms with Gasteiger partial charge in [0.05, 0.1) is 6.61 Å². The number of unbranched alkanes of at least 4 members (excludes halogenated alkanes) is 32. The average molecular weight is 775 g/mol. The highest BCUT2D eigenvalue weighted by molar-refractivity contribution is 7.47. The summed E-state index contributed by atoms with van der Waals surface area (Å²) in [5.74, 6) is -0.785. The Balaban J connectivity index is 3.90. The zero-order valence-electron chi connectivity index (χ0n) is 35.2. The number of phosphoric acid groups is 1. The topological polar surface area (TPSA) is 108 Å². The van der Waals surface area contributed by atoms with E-state index in [4.69, 9.17) is 14.0 Å². The number of carbonyl (C=O) groups excluding carboxylic acids is 2. The monoisotopic (exact) mass is 775 g/mol. The first kappa shape index (κ1) is 52.0. The van der Waals surface area contributed by atoms with Gasteiger partial charge in [-0.2, -0.15) is 0 Å². The van der Waals surface area contributed by atoms with Gasteiger partial charge < -0.3 is 14.4 Å². The smallest absolute Gasteiger partial charge is 0.462 e. The van der Waals surface area contributed by atoms with Crippen LogP contribution in [0.2, 0.25) is 0 Å². The zero-order chi connectivity index (χ0) is 38.9. The predicted molar refractivity (Wildman–Crippen MR) is 221 cm³/mol. The SMILES string of the molecule is CCCCCCCCCCCCCCCCCCCCCC(=O)OC(COC(=O)CCCCCCCCCCCCCCCCC)COP(=O)(O)OC. The van der Waals surface area contributed by atoms with Gasteiger partial charge in [-0.05, 0) is 12.8 Å². The third-order valence-corrected chi connectivity index (χ3v) is 11.3. The Morgan fingerprint density at radius 3 is 1.04 bits per heavy atom. The third-order valence-electron chi connectivity index (χ3n) is 10.4. The standard InChI is InChI=1S/C44H87O8P/c1-4-6-8-10-12-14-16-18-20-21-22-23-25-27-29-31-33-35-37-39-44(46)52-42(41-51-53(47,48)49-3)40-50-43(45)38-36-34-32-30-28-26-24-19-17-15-13-11-9-7-5-2/h42H,4-41H2,1-3H3,(H,47,48). The maximum absolute atomic E-state index is 12.5. The van der Waals surface area contributed by atoms with Gasteiger partial charge in [0.15, 0.2) is 6.10 Å². The normalized spacial score (nSPS) is 13.2. The molecular formula is C44H87O8P. The summed E-state index contributed by atoms with van der Waals surface area (Å²) in [7, 11) is -3.19. The molecule has 0 saturated carbocycles. The zero-order valence-corrected chi connectivity index (χ0v) is 36.1. The Hall–Kier alpha value is -0.950. The fourth-order valence-corrected chi connectivity index (χ4v) is 7.30. The molecule has 0 aromatic carbocycles. The summed E-state index contributed by atoms with van der Waals surface area (Å²) < 4.78 is 32.0. The van der Waals surface area contributed by atoms with Crippen LogP contribution in [0.15, 0.2) is 0 Å². The van der Waals surface area contributed by atoms with E-state index in [2.05, 4.69) is 18.4 Å². The summed E-state index contributed by atoms with van der Waals surface area (Å²) in [6.07, 6.45) is 43.0. The largest absolute Gasteiger partial charge is 0.472 e. The van der Waals surface area contributed by atoms with E-state index in [1.165, 1.54) is 180 Å². The van der Waals surface area contributed by atoms with Gasteiger partial charge in [0, 0.05) is 20.0 Å². The lowest BCUT2D eigenvalue weighted by Gasteiger charge is -2.19. The highest BCUT2D eigenvalue weighted by Crippen LogP contribution is 2.42. The molecule has 0 rings (SSSR count). The number of ether oxygens (including phenoxy) is 2. The molecule has 0 aliphatic carbocycles. The molecule has 0 aliphatic rings. The highest BCUT2D eigenvalue weighted by Gasteiger charge is 2.24. The van der Waals surface area contributed by atoms with Crippen LogP contribution in [-0.4, -0.2) is 43.3 Å². The summed E-state index contributed by atoms with van der Waals surface area (Å²) in [5, 5.41) is 0. The van der Waals surface area contributed by atoms with Gasteiger partial charge in [-0.1, -0.05) is 219 Å². The van der Waals surface area contributed by atoms with Gasteiger partial charge in [-0.3, -0.25) is 18.6 Å². The highest BCUT2D eigenvalue weighted by atomic mass is 31.2. The van der Waals surface area contributed by atoms with Crippen molar-refractivity contribution in [3.05, 3.63) is 0 Å². The lowest BCUT2D eigenvalue weighted by molar-refractivity contribution is -0.161. The van der Waals surface area contributed by atoms with E-state index in [1.54, 1.807) is 0 Å². The molecule has 316 valence electrons. The van der Waals surface area contributed by atoms with Crippen molar-refractivity contribution in [3.8, 4) is 0 Å². The van der Waals surface area contributed by atoms with Gasteiger partial charge in [0.25, 0.3) is 0 Å². The van der Waals surface area contributed by atoms with Crippen molar-refractivity contribution < 1.29 is 37.6 Å². The van der Waals surface area contributed by atoms with Gasteiger partial charge in [-0.25, -0.2) is 4.57 Å². The summed E-state index contributed by atoms with van der Waals surface area (Å²) in [6, 6.07) is 0. The minimum absolute atomic E-state index is 0.216. The molecule has 0 bridgehead atoms. The van der Waals surface area contributed by atoms with Crippen LogP contribution in [0.1, 0.15) is 245 Å². The molecule has 0 heterocycles. The van der Waals surface area contributed by atoms with E-state index >= 15 is 0 Å². The molecule has 0 radical (unpaired) electrons. The van der Waals surface area contributed by atoms with Crippen molar-refractivity contribution in [1.82, 2.24) is 0 Å². The molecule has 0 aromatic heterocycles. The number of hydrogen-bond donors (Lipinski definition) is 1. The van der Waals surface area contributed by atoms with Gasteiger partial charge in [0.1, 0.15) is 6.61 Å². The van der Waals surface area contributed by atoms with Crippen molar-refractivity contribution in [2.45, 2.75) is 251 Å². The lowest BCUT2D eigenvalue weighted by atomic mass is 10.0. The molecular weight excluding hydrogens is 687 g/mol. The minimum atomic E-state index is -4.25. The van der Waals surface area contributed by atoms with E-state index in [9.17, 15) is 19.0 Å². The number of carbonyl (C=O) groups is 2. The quantitative estimate of drug-likeness (QED) is 0.0370. The lowest BCUT2D eigenvalue weighted by Crippen LogP contribution is -2.29. The summed E-state index contributed by atoms with van der Waals surface area (Å²) in [6.45, 7) is 3.93. The second kappa shape index (κ2) is 40.7. The first-order chi connectivity index (χ1) is 25.8. The first-order valence-electron chi connectivity index (χ1n) is 22.7. The fraction of sp³-hybridized carbons (Fsp3) is 0.955. The van der Waals surface area contributed by atoms with Crippen LogP contribution >= 0.6 is 7.82 Å². The summed E-state index contributed by atoms with van der Waals surface area (Å²) >= 11 is 0. The van der Waals surface area contributed by atoms with E-state index in [0.29, 0.717) is 6.42 Å². The summed E-state index contributed by atoms with van der Waals surface area (Å²) in [4.78, 5) is 34.5. The molecule has 0 fully saturated rings. The van der Waals surface area contributed by atoms with Crippen molar-refractivity contribution in [3.63, 3.8) is 0 Å². The molecule has 9 heteroatoms. The second-order valence-corrected chi connectivity index (χ2v) is 17.1. The van der Waals surface area contributed by atoms with Crippen molar-refractivity contribution >= 4 is 19.8 Å². The van der Waals surface area contributed by atoms with E-state index in [0.717, 1.165) is 45.6 Å². The summed E-state index contributed by atoms with van der Waals surface area (Å²) in [5.41, 5.74) is 0. The number of hydrogen-bond acceptors (Lipinski definition) is 7. The molecule has 1 N–H and O–H groups in total. The van der Waals surface area contributed by atoms with Crippen molar-refractivity contribution in [2.75, 3.05) is 20.3 Å². The Kier molecular flexibility index (Phi) is 40.0. The van der Waals surface area contributed by atoms with E-state index in [1.807, 2.05) is 0 Å². The molecule has 0 aliphatic heterocycles. The van der Waals surface area contributed by atoms with Gasteiger partial charge in [-0.15, -0.1) is 0 Å². The second-order valence-electron chi connectivity index (χ2n) is 15.6. The average Bonchev–Trinajstić information content (AvgIpc) is 3.15. The maximum atomic E-state index is 12.5. The molecule has 0 amide bonds. The van der Waals surface area contributed by atoms with Crippen LogP contribution in [0.3, 0.4) is 0 Å². The fourth-order valence-electron chi connectivity index (χ4n) is 6.84. The molecule has 0 spiro atoms.